The summed E-state index contributed by atoms with van der Waals surface area (Å²) in [7, 11) is 3.35. The Morgan fingerprint density at radius 1 is 1.13 bits per heavy atom. The number of carbonyl (C=O) groups is 1. The molecule has 0 spiro atoms. The van der Waals surface area contributed by atoms with E-state index < -0.39 is 12.2 Å². The fraction of sp³-hybridized carbons (Fsp3) is 0.278. The molecule has 0 fully saturated rings. The van der Waals surface area contributed by atoms with Crippen molar-refractivity contribution in [3.63, 3.8) is 0 Å². The average Bonchev–Trinajstić information content (AvgIpc) is 2.55. The van der Waals surface area contributed by atoms with E-state index in [-0.39, 0.29) is 6.03 Å². The summed E-state index contributed by atoms with van der Waals surface area (Å²) in [5.41, 5.74) is 1.44. The molecule has 0 aliphatic rings. The van der Waals surface area contributed by atoms with E-state index in [9.17, 15) is 9.90 Å². The molecule has 5 heteroatoms. The summed E-state index contributed by atoms with van der Waals surface area (Å²) >= 11 is 0. The first-order valence-electron chi connectivity index (χ1n) is 7.45. The van der Waals surface area contributed by atoms with Crippen molar-refractivity contribution in [1.82, 2.24) is 4.90 Å². The zero-order chi connectivity index (χ0) is 16.8. The molecule has 0 radical (unpaired) electrons. The number of benzene rings is 2. The van der Waals surface area contributed by atoms with Crippen molar-refractivity contribution in [3.05, 3.63) is 60.2 Å². The van der Waals surface area contributed by atoms with Gasteiger partial charge in [-0.3, -0.25) is 0 Å². The largest absolute Gasteiger partial charge is 0.488 e. The third-order valence-electron chi connectivity index (χ3n) is 3.40. The second-order valence-electron chi connectivity index (χ2n) is 5.53. The number of carbonyl (C=O) groups excluding carboxylic acids is 1. The van der Waals surface area contributed by atoms with E-state index in [2.05, 4.69) is 5.32 Å². The van der Waals surface area contributed by atoms with Gasteiger partial charge in [0, 0.05) is 25.8 Å². The van der Waals surface area contributed by atoms with Crippen LogP contribution in [0.5, 0.6) is 5.75 Å². The van der Waals surface area contributed by atoms with E-state index in [1.54, 1.807) is 38.4 Å². The minimum atomic E-state index is -0.726. The Labute approximate surface area is 136 Å². The minimum Gasteiger partial charge on any atom is -0.488 e. The SMILES string of the molecule is CC(Oc1cccc(NC(=O)N(C)C)c1)C(O)c1ccccc1. The first-order chi connectivity index (χ1) is 11.0. The Kier molecular flexibility index (Phi) is 5.60. The van der Waals surface area contributed by atoms with Crippen LogP contribution in [0.15, 0.2) is 54.6 Å². The number of rotatable bonds is 5. The lowest BCUT2D eigenvalue weighted by molar-refractivity contribution is 0.0468. The van der Waals surface area contributed by atoms with Crippen molar-refractivity contribution in [3.8, 4) is 5.75 Å². The summed E-state index contributed by atoms with van der Waals surface area (Å²) < 4.78 is 5.80. The van der Waals surface area contributed by atoms with Crippen molar-refractivity contribution in [2.45, 2.75) is 19.1 Å². The fourth-order valence-corrected chi connectivity index (χ4v) is 2.08. The van der Waals surface area contributed by atoms with Crippen LogP contribution in [0, 0.1) is 0 Å². The van der Waals surface area contributed by atoms with Crippen molar-refractivity contribution in [2.75, 3.05) is 19.4 Å². The second kappa shape index (κ2) is 7.65. The summed E-state index contributed by atoms with van der Waals surface area (Å²) in [6.45, 7) is 1.81. The molecule has 23 heavy (non-hydrogen) atoms. The highest BCUT2D eigenvalue weighted by Gasteiger charge is 2.18. The molecule has 0 heterocycles. The van der Waals surface area contributed by atoms with Gasteiger partial charge in [0.2, 0.25) is 0 Å². The minimum absolute atomic E-state index is 0.209. The topological polar surface area (TPSA) is 61.8 Å². The van der Waals surface area contributed by atoms with Gasteiger partial charge in [-0.15, -0.1) is 0 Å². The summed E-state index contributed by atoms with van der Waals surface area (Å²) in [6.07, 6.45) is -1.14. The molecule has 2 N–H and O–H groups in total. The smallest absolute Gasteiger partial charge is 0.321 e. The van der Waals surface area contributed by atoms with Crippen LogP contribution in [0.4, 0.5) is 10.5 Å². The van der Waals surface area contributed by atoms with Crippen LogP contribution in [-0.2, 0) is 0 Å². The van der Waals surface area contributed by atoms with Crippen molar-refractivity contribution < 1.29 is 14.6 Å². The maximum atomic E-state index is 11.7. The van der Waals surface area contributed by atoms with Crippen molar-refractivity contribution in [1.29, 1.82) is 0 Å². The summed E-state index contributed by atoms with van der Waals surface area (Å²) in [5.74, 6) is 0.587. The number of hydrogen-bond acceptors (Lipinski definition) is 3. The molecule has 122 valence electrons. The quantitative estimate of drug-likeness (QED) is 0.890. The zero-order valence-corrected chi connectivity index (χ0v) is 13.6. The van der Waals surface area contributed by atoms with Gasteiger partial charge >= 0.3 is 6.03 Å². The molecular weight excluding hydrogens is 292 g/mol. The summed E-state index contributed by atoms with van der Waals surface area (Å²) in [5, 5.41) is 13.1. The van der Waals surface area contributed by atoms with Crippen LogP contribution in [0.2, 0.25) is 0 Å². The van der Waals surface area contributed by atoms with Crippen LogP contribution in [0.1, 0.15) is 18.6 Å². The number of hydrogen-bond donors (Lipinski definition) is 2. The van der Waals surface area contributed by atoms with Gasteiger partial charge in [-0.25, -0.2) is 4.79 Å². The molecule has 2 aromatic carbocycles. The Morgan fingerprint density at radius 2 is 1.83 bits per heavy atom. The van der Waals surface area contributed by atoms with E-state index in [1.165, 1.54) is 4.90 Å². The number of ether oxygens (including phenoxy) is 1. The number of aliphatic hydroxyl groups excluding tert-OH is 1. The van der Waals surface area contributed by atoms with Gasteiger partial charge in [0.15, 0.2) is 0 Å². The van der Waals surface area contributed by atoms with E-state index in [4.69, 9.17) is 4.74 Å². The predicted octanol–water partition coefficient (Wildman–Crippen LogP) is 3.28. The van der Waals surface area contributed by atoms with Crippen LogP contribution in [0.25, 0.3) is 0 Å². The fourth-order valence-electron chi connectivity index (χ4n) is 2.08. The van der Waals surface area contributed by atoms with Gasteiger partial charge in [0.1, 0.15) is 18.0 Å². The normalized spacial score (nSPS) is 13.0. The number of aliphatic hydroxyl groups is 1. The molecule has 2 unspecified atom stereocenters. The molecule has 0 saturated heterocycles. The molecule has 2 atom stereocenters. The first-order valence-corrected chi connectivity index (χ1v) is 7.45. The predicted molar refractivity (Wildman–Crippen MR) is 90.6 cm³/mol. The lowest BCUT2D eigenvalue weighted by Gasteiger charge is -2.21. The van der Waals surface area contributed by atoms with Crippen molar-refractivity contribution in [2.24, 2.45) is 0 Å². The number of amides is 2. The maximum absolute atomic E-state index is 11.7. The zero-order valence-electron chi connectivity index (χ0n) is 13.6. The lowest BCUT2D eigenvalue weighted by atomic mass is 10.1. The molecule has 5 nitrogen and oxygen atoms in total. The van der Waals surface area contributed by atoms with Gasteiger partial charge in [-0.05, 0) is 24.6 Å². The van der Waals surface area contributed by atoms with Crippen LogP contribution in [0.3, 0.4) is 0 Å². The molecule has 2 aromatic rings. The number of anilines is 1. The Hall–Kier alpha value is -2.53. The van der Waals surface area contributed by atoms with E-state index in [1.807, 2.05) is 37.3 Å². The van der Waals surface area contributed by atoms with Crippen molar-refractivity contribution >= 4 is 11.7 Å². The van der Waals surface area contributed by atoms with Gasteiger partial charge in [-0.1, -0.05) is 36.4 Å². The highest BCUT2D eigenvalue weighted by molar-refractivity contribution is 5.89. The molecule has 2 amide bonds. The second-order valence-corrected chi connectivity index (χ2v) is 5.53. The Bertz CT molecular complexity index is 644. The number of nitrogens with zero attached hydrogens (tertiary/aromatic N) is 1. The lowest BCUT2D eigenvalue weighted by Crippen LogP contribution is -2.27. The van der Waals surface area contributed by atoms with Gasteiger partial charge in [0.05, 0.1) is 0 Å². The standard InChI is InChI=1S/C18H22N2O3/c1-13(17(21)14-8-5-4-6-9-14)23-16-11-7-10-15(12-16)19-18(22)20(2)3/h4-13,17,21H,1-3H3,(H,19,22). The van der Waals surface area contributed by atoms with Gasteiger partial charge in [-0.2, -0.15) is 0 Å². The van der Waals surface area contributed by atoms with E-state index >= 15 is 0 Å². The van der Waals surface area contributed by atoms with Gasteiger partial charge in [0.25, 0.3) is 0 Å². The summed E-state index contributed by atoms with van der Waals surface area (Å²) in [4.78, 5) is 13.1. The molecule has 0 aliphatic carbocycles. The molecule has 0 aliphatic heterocycles. The summed E-state index contributed by atoms with van der Waals surface area (Å²) in [6, 6.07) is 16.3. The number of urea groups is 1. The van der Waals surface area contributed by atoms with E-state index in [0.717, 1.165) is 5.56 Å². The first kappa shape index (κ1) is 16.8. The Morgan fingerprint density at radius 3 is 2.48 bits per heavy atom. The van der Waals surface area contributed by atoms with Gasteiger partial charge < -0.3 is 20.1 Å². The molecule has 2 rings (SSSR count). The molecule has 0 bridgehead atoms. The van der Waals surface area contributed by atoms with E-state index in [0.29, 0.717) is 11.4 Å². The highest BCUT2D eigenvalue weighted by Crippen LogP contribution is 2.24. The van der Waals surface area contributed by atoms with Crippen LogP contribution >= 0.6 is 0 Å². The number of nitrogens with one attached hydrogen (secondary N) is 1. The van der Waals surface area contributed by atoms with Crippen LogP contribution < -0.4 is 10.1 Å². The average molecular weight is 314 g/mol. The molecular formula is C18H22N2O3. The third kappa shape index (κ3) is 4.72. The third-order valence-corrected chi connectivity index (χ3v) is 3.40. The highest BCUT2D eigenvalue weighted by atomic mass is 16.5. The molecule has 0 aromatic heterocycles. The Balaban J connectivity index is 2.03. The monoisotopic (exact) mass is 314 g/mol. The maximum Gasteiger partial charge on any atom is 0.321 e. The van der Waals surface area contributed by atoms with Crippen LogP contribution in [-0.4, -0.2) is 36.2 Å². The molecule has 0 saturated carbocycles.